The van der Waals surface area contributed by atoms with E-state index in [1.807, 2.05) is 10.6 Å². The van der Waals surface area contributed by atoms with Gasteiger partial charge in [-0.3, -0.25) is 9.55 Å². The summed E-state index contributed by atoms with van der Waals surface area (Å²) in [6.45, 7) is 6.38. The second kappa shape index (κ2) is 7.75. The Hall–Kier alpha value is -2.88. The lowest BCUT2D eigenvalue weighted by molar-refractivity contribution is 0.497. The van der Waals surface area contributed by atoms with Crippen LogP contribution in [-0.4, -0.2) is 56.2 Å². The number of anilines is 1. The van der Waals surface area contributed by atoms with Gasteiger partial charge in [0.15, 0.2) is 17.5 Å². The van der Waals surface area contributed by atoms with Gasteiger partial charge in [0.2, 0.25) is 0 Å². The number of aromatic nitrogens is 6. The summed E-state index contributed by atoms with van der Waals surface area (Å²) in [6.07, 6.45) is 9.31. The van der Waals surface area contributed by atoms with Gasteiger partial charge >= 0.3 is 0 Å². The van der Waals surface area contributed by atoms with Crippen molar-refractivity contribution in [3.8, 4) is 17.1 Å². The molecule has 0 radical (unpaired) electrons. The highest BCUT2D eigenvalue weighted by Crippen LogP contribution is 2.39. The average Bonchev–Trinajstić information content (AvgIpc) is 3.20. The van der Waals surface area contributed by atoms with Crippen molar-refractivity contribution in [2.45, 2.75) is 45.7 Å². The predicted molar refractivity (Wildman–Crippen MR) is 114 cm³/mol. The summed E-state index contributed by atoms with van der Waals surface area (Å²) in [6, 6.07) is 2.09. The molecule has 3 aromatic heterocycles. The molecule has 10 heteroatoms. The number of rotatable bonds is 6. The second-order valence-electron chi connectivity index (χ2n) is 7.80. The van der Waals surface area contributed by atoms with Crippen LogP contribution in [0.4, 0.5) is 5.82 Å². The molecule has 0 fully saturated rings. The van der Waals surface area contributed by atoms with Crippen molar-refractivity contribution in [1.82, 2.24) is 29.7 Å². The summed E-state index contributed by atoms with van der Waals surface area (Å²) in [5, 5.41) is 8.44. The van der Waals surface area contributed by atoms with Crippen LogP contribution >= 0.6 is 0 Å². The summed E-state index contributed by atoms with van der Waals surface area (Å²) >= 11 is 0. The largest absolute Gasteiger partial charge is 0.342 e. The van der Waals surface area contributed by atoms with E-state index in [-0.39, 0.29) is 17.8 Å². The first kappa shape index (κ1) is 20.4. The van der Waals surface area contributed by atoms with Gasteiger partial charge in [0, 0.05) is 30.3 Å². The molecule has 0 unspecified atom stereocenters. The lowest BCUT2D eigenvalue weighted by Crippen LogP contribution is -2.40. The maximum atomic E-state index is 11.6. The number of fused-ring (bicyclic) bond motifs is 3. The van der Waals surface area contributed by atoms with Crippen LogP contribution in [0.2, 0.25) is 0 Å². The minimum absolute atomic E-state index is 0.0523. The molecular formula is C20H25N7O2S. The van der Waals surface area contributed by atoms with Crippen molar-refractivity contribution in [2.75, 3.05) is 16.9 Å². The summed E-state index contributed by atoms with van der Waals surface area (Å²) in [4.78, 5) is 15.9. The van der Waals surface area contributed by atoms with E-state index in [0.717, 1.165) is 34.9 Å². The van der Waals surface area contributed by atoms with Crippen molar-refractivity contribution in [1.29, 1.82) is 0 Å². The van der Waals surface area contributed by atoms with Crippen molar-refractivity contribution in [3.63, 3.8) is 0 Å². The Bertz CT molecular complexity index is 1170. The lowest BCUT2D eigenvalue weighted by atomic mass is 10.1. The van der Waals surface area contributed by atoms with E-state index in [0.29, 0.717) is 12.2 Å². The van der Waals surface area contributed by atoms with E-state index in [9.17, 15) is 8.42 Å². The van der Waals surface area contributed by atoms with Crippen LogP contribution in [0.5, 0.6) is 0 Å². The lowest BCUT2D eigenvalue weighted by Gasteiger charge is -2.39. The molecule has 0 aliphatic carbocycles. The van der Waals surface area contributed by atoms with Gasteiger partial charge in [0.05, 0.1) is 18.0 Å². The number of nitrogens with zero attached hydrogens (tertiary/aromatic N) is 7. The van der Waals surface area contributed by atoms with Crippen molar-refractivity contribution in [3.05, 3.63) is 42.4 Å². The van der Waals surface area contributed by atoms with Gasteiger partial charge < -0.3 is 4.90 Å². The third-order valence-electron chi connectivity index (χ3n) is 5.29. The zero-order valence-corrected chi connectivity index (χ0v) is 18.3. The van der Waals surface area contributed by atoms with E-state index >= 15 is 0 Å². The fourth-order valence-electron chi connectivity index (χ4n) is 3.91. The fraction of sp³-hybridized carbons (Fsp3) is 0.450. The van der Waals surface area contributed by atoms with Crippen LogP contribution in [0.3, 0.4) is 0 Å². The maximum absolute atomic E-state index is 11.6. The average molecular weight is 428 g/mol. The number of hydrogen-bond donors (Lipinski definition) is 0. The molecule has 1 aliphatic rings. The van der Waals surface area contributed by atoms with E-state index < -0.39 is 9.84 Å². The number of hydrogen-bond acceptors (Lipinski definition) is 8. The van der Waals surface area contributed by atoms with Gasteiger partial charge in [-0.2, -0.15) is 0 Å². The smallest absolute Gasteiger partial charge is 0.162 e. The third-order valence-corrected chi connectivity index (χ3v) is 6.24. The Morgan fingerprint density at radius 1 is 1.23 bits per heavy atom. The highest BCUT2D eigenvalue weighted by atomic mass is 32.2. The molecule has 0 amide bonds. The summed E-state index contributed by atoms with van der Waals surface area (Å²) in [5.74, 6) is 2.31. The molecule has 1 aliphatic heterocycles. The van der Waals surface area contributed by atoms with Gasteiger partial charge in [-0.25, -0.2) is 18.4 Å². The molecule has 0 bridgehead atoms. The highest BCUT2D eigenvalue weighted by Gasteiger charge is 2.35. The van der Waals surface area contributed by atoms with Crippen LogP contribution in [0.1, 0.15) is 44.6 Å². The van der Waals surface area contributed by atoms with Crippen LogP contribution in [0, 0.1) is 0 Å². The number of pyridine rings is 1. The standard InChI is InChI=1S/C20H25N7O2S/c1-5-16-20-25-23-12-26(20)17-11-22-18(24-19(17)27(16)13(2)3)15-6-8-21-10-14(15)7-9-30(4,28)29/h6,8,10-13,16H,5,7,9H2,1-4H3/t16-/m1/s1. The monoisotopic (exact) mass is 427 g/mol. The van der Waals surface area contributed by atoms with Gasteiger partial charge in [-0.1, -0.05) is 6.92 Å². The highest BCUT2D eigenvalue weighted by molar-refractivity contribution is 7.90. The molecule has 4 rings (SSSR count). The Morgan fingerprint density at radius 2 is 2.03 bits per heavy atom. The quantitative estimate of drug-likeness (QED) is 0.590. The Balaban J connectivity index is 1.83. The Labute approximate surface area is 176 Å². The summed E-state index contributed by atoms with van der Waals surface area (Å²) in [5.41, 5.74) is 2.44. The normalized spacial score (nSPS) is 15.9. The second-order valence-corrected chi connectivity index (χ2v) is 10.1. The van der Waals surface area contributed by atoms with E-state index in [4.69, 9.17) is 4.98 Å². The van der Waals surface area contributed by atoms with E-state index in [1.54, 1.807) is 24.9 Å². The van der Waals surface area contributed by atoms with Crippen molar-refractivity contribution >= 4 is 15.7 Å². The van der Waals surface area contributed by atoms with E-state index in [2.05, 4.69) is 45.8 Å². The predicted octanol–water partition coefficient (Wildman–Crippen LogP) is 2.39. The molecule has 0 N–H and O–H groups in total. The third kappa shape index (κ3) is 3.67. The summed E-state index contributed by atoms with van der Waals surface area (Å²) < 4.78 is 25.2. The molecule has 0 spiro atoms. The van der Waals surface area contributed by atoms with Crippen LogP contribution in [0.25, 0.3) is 17.1 Å². The first-order valence-electron chi connectivity index (χ1n) is 9.96. The van der Waals surface area contributed by atoms with Gasteiger partial charge in [0.1, 0.15) is 21.9 Å². The Morgan fingerprint density at radius 3 is 2.73 bits per heavy atom. The SMILES string of the molecule is CC[C@@H]1c2nncn2-c2cnc(-c3ccncc3CCS(C)(=O)=O)nc2N1C(C)C. The molecule has 158 valence electrons. The topological polar surface area (TPSA) is 107 Å². The molecule has 30 heavy (non-hydrogen) atoms. The van der Waals surface area contributed by atoms with Crippen molar-refractivity contribution in [2.24, 2.45) is 0 Å². The first-order valence-corrected chi connectivity index (χ1v) is 12.0. The first-order chi connectivity index (χ1) is 14.3. The summed E-state index contributed by atoms with van der Waals surface area (Å²) in [7, 11) is -3.09. The fourth-order valence-corrected chi connectivity index (χ4v) is 4.50. The molecule has 1 atom stereocenters. The molecular weight excluding hydrogens is 402 g/mol. The zero-order chi connectivity index (χ0) is 21.5. The molecule has 0 saturated carbocycles. The van der Waals surface area contributed by atoms with Crippen LogP contribution in [-0.2, 0) is 16.3 Å². The zero-order valence-electron chi connectivity index (χ0n) is 17.5. The van der Waals surface area contributed by atoms with Crippen LogP contribution < -0.4 is 4.90 Å². The minimum atomic E-state index is -3.09. The number of sulfone groups is 1. The van der Waals surface area contributed by atoms with E-state index in [1.165, 1.54) is 6.26 Å². The van der Waals surface area contributed by atoms with Gasteiger partial charge in [-0.15, -0.1) is 10.2 Å². The van der Waals surface area contributed by atoms with Gasteiger partial charge in [0.25, 0.3) is 0 Å². The molecule has 0 saturated heterocycles. The number of aryl methyl sites for hydroxylation is 1. The maximum Gasteiger partial charge on any atom is 0.162 e. The molecule has 9 nitrogen and oxygen atoms in total. The molecule has 4 heterocycles. The minimum Gasteiger partial charge on any atom is -0.342 e. The molecule has 0 aromatic carbocycles. The Kier molecular flexibility index (Phi) is 5.27. The van der Waals surface area contributed by atoms with Crippen molar-refractivity contribution < 1.29 is 8.42 Å². The van der Waals surface area contributed by atoms with Crippen LogP contribution in [0.15, 0.2) is 31.0 Å². The molecule has 3 aromatic rings. The van der Waals surface area contributed by atoms with Gasteiger partial charge in [-0.05, 0) is 38.3 Å².